The molecule has 1 aliphatic carbocycles. The van der Waals surface area contributed by atoms with Crippen LogP contribution < -0.4 is 15.6 Å². The van der Waals surface area contributed by atoms with E-state index >= 15 is 0 Å². The van der Waals surface area contributed by atoms with Gasteiger partial charge >= 0.3 is 6.18 Å². The average molecular weight is 524 g/mol. The third kappa shape index (κ3) is 4.64. The number of carbonyl (C=O) groups excluding carboxylic acids is 1. The van der Waals surface area contributed by atoms with Crippen LogP contribution in [0.3, 0.4) is 0 Å². The van der Waals surface area contributed by atoms with Gasteiger partial charge in [0.2, 0.25) is 5.43 Å². The number of rotatable bonds is 5. The summed E-state index contributed by atoms with van der Waals surface area (Å²) in [6.45, 7) is -0.00307. The number of pyridine rings is 2. The molecule has 3 aromatic rings. The number of para-hydroxylation sites is 1. The highest BCUT2D eigenvalue weighted by Crippen LogP contribution is 2.40. The minimum atomic E-state index is -4.74. The molecule has 13 heteroatoms. The molecule has 3 atom stereocenters. The molecule has 1 saturated heterocycles. The van der Waals surface area contributed by atoms with Gasteiger partial charge in [-0.15, -0.1) is 0 Å². The number of fused-ring (bicyclic) bond motifs is 1. The number of nitrogens with one attached hydrogen (secondary N) is 1. The topological polar surface area (TPSA) is 108 Å². The Labute approximate surface area is 206 Å². The zero-order valence-corrected chi connectivity index (χ0v) is 19.0. The molecule has 5 rings (SSSR count). The van der Waals surface area contributed by atoms with E-state index in [1.165, 1.54) is 17.0 Å². The average Bonchev–Trinajstić information content (AvgIpc) is 3.61. The number of amides is 1. The first-order valence-electron chi connectivity index (χ1n) is 11.4. The van der Waals surface area contributed by atoms with Gasteiger partial charge in [-0.25, -0.2) is 13.8 Å². The van der Waals surface area contributed by atoms with Crippen molar-refractivity contribution in [2.24, 2.45) is 5.92 Å². The van der Waals surface area contributed by atoms with Crippen molar-refractivity contribution < 1.29 is 37.0 Å². The fourth-order valence-corrected chi connectivity index (χ4v) is 4.49. The van der Waals surface area contributed by atoms with E-state index in [1.54, 1.807) is 0 Å². The molecular formula is C24H21F5N4O4. The van der Waals surface area contributed by atoms with Crippen LogP contribution in [0.5, 0.6) is 0 Å². The van der Waals surface area contributed by atoms with Crippen LogP contribution in [0, 0.1) is 17.6 Å². The Hall–Kier alpha value is -3.58. The summed E-state index contributed by atoms with van der Waals surface area (Å²) < 4.78 is 70.9. The number of nitrogens with zero attached hydrogens (tertiary/aromatic N) is 3. The van der Waals surface area contributed by atoms with Gasteiger partial charge in [0, 0.05) is 19.3 Å². The van der Waals surface area contributed by atoms with Gasteiger partial charge in [-0.1, -0.05) is 6.07 Å². The van der Waals surface area contributed by atoms with Gasteiger partial charge in [0.05, 0.1) is 17.6 Å². The van der Waals surface area contributed by atoms with Gasteiger partial charge in [0.25, 0.3) is 5.91 Å². The summed E-state index contributed by atoms with van der Waals surface area (Å²) in [6.07, 6.45) is -5.58. The molecule has 1 saturated carbocycles. The van der Waals surface area contributed by atoms with E-state index in [0.717, 1.165) is 29.0 Å². The molecular weight excluding hydrogens is 503 g/mol. The fourth-order valence-electron chi connectivity index (χ4n) is 4.49. The van der Waals surface area contributed by atoms with Gasteiger partial charge in [-0.2, -0.15) is 13.2 Å². The molecule has 2 aromatic heterocycles. The second-order valence-electron chi connectivity index (χ2n) is 9.22. The van der Waals surface area contributed by atoms with E-state index in [4.69, 9.17) is 0 Å². The van der Waals surface area contributed by atoms with Crippen molar-refractivity contribution in [3.63, 3.8) is 0 Å². The molecule has 3 heterocycles. The zero-order chi connectivity index (χ0) is 26.6. The molecule has 3 N–H and O–H groups in total. The Morgan fingerprint density at radius 3 is 2.24 bits per heavy atom. The summed E-state index contributed by atoms with van der Waals surface area (Å²) in [7, 11) is 0. The lowest BCUT2D eigenvalue weighted by Gasteiger charge is -2.22. The van der Waals surface area contributed by atoms with Crippen LogP contribution in [-0.2, 0) is 0 Å². The molecule has 2 aliphatic rings. The number of halogens is 5. The Bertz CT molecular complexity index is 1410. The van der Waals surface area contributed by atoms with E-state index in [1.807, 2.05) is 5.32 Å². The highest BCUT2D eigenvalue weighted by atomic mass is 19.4. The van der Waals surface area contributed by atoms with E-state index in [9.17, 15) is 41.8 Å². The first-order valence-corrected chi connectivity index (χ1v) is 11.4. The normalized spacial score (nSPS) is 20.9. The Balaban J connectivity index is 1.67. The minimum absolute atomic E-state index is 0.00154. The van der Waals surface area contributed by atoms with E-state index in [2.05, 4.69) is 4.98 Å². The summed E-state index contributed by atoms with van der Waals surface area (Å²) >= 11 is 0. The molecule has 1 aliphatic heterocycles. The molecule has 196 valence electrons. The molecule has 1 aromatic carbocycles. The molecule has 0 radical (unpaired) electrons. The van der Waals surface area contributed by atoms with Crippen LogP contribution in [0.25, 0.3) is 16.7 Å². The summed E-state index contributed by atoms with van der Waals surface area (Å²) in [5, 5.41) is 21.3. The maximum absolute atomic E-state index is 14.8. The summed E-state index contributed by atoms with van der Waals surface area (Å²) in [5.41, 5.74) is -2.68. The number of β-amino-alcohol motifs (C(OH)–C–C–N with tert-alkyl or cyclic N) is 2. The summed E-state index contributed by atoms with van der Waals surface area (Å²) in [4.78, 5) is 31.9. The Kier molecular flexibility index (Phi) is 6.15. The van der Waals surface area contributed by atoms with E-state index < -0.39 is 64.6 Å². The fraction of sp³-hybridized carbons (Fsp3) is 0.375. The molecule has 2 fully saturated rings. The second kappa shape index (κ2) is 9.06. The lowest BCUT2D eigenvalue weighted by Crippen LogP contribution is -2.48. The van der Waals surface area contributed by atoms with Gasteiger partial charge in [0.15, 0.2) is 5.65 Å². The molecule has 8 nitrogen and oxygen atoms in total. The number of hydrogen-bond acceptors (Lipinski definition) is 6. The maximum atomic E-state index is 14.8. The Morgan fingerprint density at radius 2 is 1.68 bits per heavy atom. The van der Waals surface area contributed by atoms with Crippen LogP contribution >= 0.6 is 0 Å². The number of aliphatic hydroxyl groups excluding tert-OH is 2. The van der Waals surface area contributed by atoms with Crippen LogP contribution in [0.1, 0.15) is 23.2 Å². The van der Waals surface area contributed by atoms with E-state index in [-0.39, 0.29) is 42.8 Å². The molecule has 37 heavy (non-hydrogen) atoms. The first kappa shape index (κ1) is 25.1. The quantitative estimate of drug-likeness (QED) is 0.442. The predicted octanol–water partition coefficient (Wildman–Crippen LogP) is 2.28. The number of benzene rings is 1. The molecule has 0 bridgehead atoms. The monoisotopic (exact) mass is 524 g/mol. The molecule has 0 unspecified atom stereocenters. The van der Waals surface area contributed by atoms with Crippen LogP contribution in [-0.4, -0.2) is 63.2 Å². The van der Waals surface area contributed by atoms with Crippen molar-refractivity contribution in [3.8, 4) is 5.69 Å². The number of alkyl halides is 3. The molecule has 1 amide bonds. The largest absolute Gasteiger partial charge is 0.408 e. The van der Waals surface area contributed by atoms with Crippen molar-refractivity contribution in [1.29, 1.82) is 0 Å². The molecule has 0 spiro atoms. The number of anilines is 1. The SMILES string of the molecule is O=C(N[C@@H](C1CC1)C(F)(F)F)c1cn(-c2c(F)cccc2F)c2nc(N3C[C@@H](O)[C@H](O)C3)ccc2c1=O. The number of carbonyl (C=O) groups is 1. The highest BCUT2D eigenvalue weighted by Gasteiger charge is 2.50. The van der Waals surface area contributed by atoms with Crippen molar-refractivity contribution in [2.75, 3.05) is 18.0 Å². The van der Waals surface area contributed by atoms with Crippen LogP contribution in [0.4, 0.5) is 27.8 Å². The summed E-state index contributed by atoms with van der Waals surface area (Å²) in [5.74, 6) is -4.12. The second-order valence-corrected chi connectivity index (χ2v) is 9.22. The predicted molar refractivity (Wildman–Crippen MR) is 122 cm³/mol. The van der Waals surface area contributed by atoms with Crippen LogP contribution in [0.15, 0.2) is 41.3 Å². The minimum Gasteiger partial charge on any atom is -0.389 e. The zero-order valence-electron chi connectivity index (χ0n) is 19.0. The van der Waals surface area contributed by atoms with Gasteiger partial charge < -0.3 is 20.4 Å². The van der Waals surface area contributed by atoms with Crippen molar-refractivity contribution >= 4 is 22.8 Å². The third-order valence-electron chi connectivity index (χ3n) is 6.57. The van der Waals surface area contributed by atoms with Crippen molar-refractivity contribution in [3.05, 3.63) is 63.9 Å². The lowest BCUT2D eigenvalue weighted by molar-refractivity contribution is -0.158. The van der Waals surface area contributed by atoms with Crippen molar-refractivity contribution in [1.82, 2.24) is 14.9 Å². The number of aromatic nitrogens is 2. The smallest absolute Gasteiger partial charge is 0.389 e. The van der Waals surface area contributed by atoms with Crippen LogP contribution in [0.2, 0.25) is 0 Å². The van der Waals surface area contributed by atoms with Gasteiger partial charge in [0.1, 0.15) is 34.7 Å². The van der Waals surface area contributed by atoms with Gasteiger partial charge in [-0.05, 0) is 43.0 Å². The van der Waals surface area contributed by atoms with Crippen molar-refractivity contribution in [2.45, 2.75) is 37.3 Å². The summed E-state index contributed by atoms with van der Waals surface area (Å²) in [6, 6.07) is 3.38. The standard InChI is InChI=1S/C24H21F5N4O4/c25-14-2-1-3-15(26)19(14)33-8-13(23(37)31-21(11-4-5-11)24(27,28)29)20(36)12-6-7-18(30-22(12)33)32-9-16(34)17(35)10-32/h1-3,6-8,11,16-17,21,34-35H,4-5,9-10H2,(H,31,37)/t16-,17-,21+/m1/s1. The van der Waals surface area contributed by atoms with E-state index in [0.29, 0.717) is 0 Å². The highest BCUT2D eigenvalue weighted by molar-refractivity contribution is 5.97. The Morgan fingerprint density at radius 1 is 1.05 bits per heavy atom. The number of hydrogen-bond donors (Lipinski definition) is 3. The first-order chi connectivity index (χ1) is 17.5. The lowest BCUT2D eigenvalue weighted by atomic mass is 10.1. The maximum Gasteiger partial charge on any atom is 0.408 e. The van der Waals surface area contributed by atoms with Gasteiger partial charge in [-0.3, -0.25) is 14.2 Å². The third-order valence-corrected chi connectivity index (χ3v) is 6.57. The number of aliphatic hydroxyl groups is 2.